The lowest BCUT2D eigenvalue weighted by Crippen LogP contribution is -2.47. The summed E-state index contributed by atoms with van der Waals surface area (Å²) in [5.41, 5.74) is 1.10. The number of aliphatic hydroxyl groups is 1. The standard InChI is InChI=1S/C22H34N2O2.ClH/c1-20(2,3)16-12-15(13-17(19(16)25)21(4,5)6)22(26)14-23-18-10-8-7-9-11-24(18)22;/h12-13,25-26H,7-11,14H2,1-6H3;1H. The summed E-state index contributed by atoms with van der Waals surface area (Å²) in [4.78, 5) is 6.79. The largest absolute Gasteiger partial charge is 0.507 e. The van der Waals surface area contributed by atoms with Crippen molar-refractivity contribution in [3.8, 4) is 5.75 Å². The average Bonchev–Trinajstić information content (AvgIpc) is 2.70. The van der Waals surface area contributed by atoms with Gasteiger partial charge in [0.15, 0.2) is 5.72 Å². The van der Waals surface area contributed by atoms with Gasteiger partial charge in [0.25, 0.3) is 0 Å². The molecule has 5 heteroatoms. The van der Waals surface area contributed by atoms with Crippen LogP contribution >= 0.6 is 12.4 Å². The number of benzene rings is 1. The summed E-state index contributed by atoms with van der Waals surface area (Å²) in [5.74, 6) is 1.39. The summed E-state index contributed by atoms with van der Waals surface area (Å²) in [6.45, 7) is 13.8. The van der Waals surface area contributed by atoms with Crippen molar-refractivity contribution in [2.45, 2.75) is 83.8 Å². The molecule has 0 aliphatic carbocycles. The minimum absolute atomic E-state index is 0. The molecule has 2 aliphatic heterocycles. The van der Waals surface area contributed by atoms with Crippen LogP contribution in [0.4, 0.5) is 0 Å². The third-order valence-corrected chi connectivity index (χ3v) is 5.71. The van der Waals surface area contributed by atoms with Crippen LogP contribution in [-0.4, -0.2) is 34.0 Å². The predicted molar refractivity (Wildman–Crippen MR) is 114 cm³/mol. The van der Waals surface area contributed by atoms with Crippen LogP contribution in [0.3, 0.4) is 0 Å². The molecule has 1 aromatic carbocycles. The van der Waals surface area contributed by atoms with E-state index < -0.39 is 5.72 Å². The van der Waals surface area contributed by atoms with E-state index in [0.29, 0.717) is 12.3 Å². The Kier molecular flexibility index (Phi) is 5.95. The maximum absolute atomic E-state index is 11.7. The number of phenols is 1. The van der Waals surface area contributed by atoms with Crippen molar-refractivity contribution in [1.29, 1.82) is 0 Å². The third-order valence-electron chi connectivity index (χ3n) is 5.71. The first-order valence-corrected chi connectivity index (χ1v) is 9.86. The summed E-state index contributed by atoms with van der Waals surface area (Å²) < 4.78 is 0. The topological polar surface area (TPSA) is 56.1 Å². The summed E-state index contributed by atoms with van der Waals surface area (Å²) in [6, 6.07) is 3.99. The summed E-state index contributed by atoms with van der Waals surface area (Å²) in [5, 5.41) is 22.6. The molecule has 1 atom stereocenters. The van der Waals surface area contributed by atoms with Gasteiger partial charge in [-0.3, -0.25) is 4.99 Å². The Hall–Kier alpha value is -1.26. The SMILES string of the molecule is CC(C)(C)c1cc(C2(O)CN=C3CCCCCN32)cc(C(C)(C)C)c1O.Cl. The number of halogens is 1. The number of rotatable bonds is 1. The van der Waals surface area contributed by atoms with Gasteiger partial charge in [-0.05, 0) is 46.9 Å². The molecule has 1 unspecified atom stereocenters. The summed E-state index contributed by atoms with van der Waals surface area (Å²) in [6.07, 6.45) is 4.35. The van der Waals surface area contributed by atoms with Crippen molar-refractivity contribution in [3.63, 3.8) is 0 Å². The molecule has 152 valence electrons. The number of phenolic OH excluding ortho intramolecular Hbond substituents is 1. The van der Waals surface area contributed by atoms with Crippen molar-refractivity contribution >= 4 is 18.2 Å². The predicted octanol–water partition coefficient (Wildman–Crippen LogP) is 4.84. The second-order valence-corrected chi connectivity index (χ2v) is 9.93. The van der Waals surface area contributed by atoms with Crippen LogP contribution in [0.1, 0.15) is 83.9 Å². The first-order chi connectivity index (χ1) is 11.9. The number of amidine groups is 1. The lowest BCUT2D eigenvalue weighted by molar-refractivity contribution is -0.0559. The highest BCUT2D eigenvalue weighted by molar-refractivity contribution is 5.85. The van der Waals surface area contributed by atoms with Gasteiger partial charge in [0.1, 0.15) is 11.6 Å². The Balaban J connectivity index is 0.00000261. The minimum Gasteiger partial charge on any atom is -0.507 e. The monoisotopic (exact) mass is 394 g/mol. The molecule has 2 aliphatic rings. The van der Waals surface area contributed by atoms with Gasteiger partial charge in [-0.25, -0.2) is 0 Å². The molecule has 2 N–H and O–H groups in total. The highest BCUT2D eigenvalue weighted by atomic mass is 35.5. The summed E-state index contributed by atoms with van der Waals surface area (Å²) >= 11 is 0. The Bertz CT molecular complexity index is 696. The Labute approximate surface area is 170 Å². The van der Waals surface area contributed by atoms with E-state index in [2.05, 4.69) is 51.4 Å². The van der Waals surface area contributed by atoms with Crippen LogP contribution in [0, 0.1) is 0 Å². The van der Waals surface area contributed by atoms with Crippen LogP contribution in [-0.2, 0) is 16.6 Å². The van der Waals surface area contributed by atoms with E-state index in [1.807, 2.05) is 12.1 Å². The fourth-order valence-corrected chi connectivity index (χ4v) is 4.10. The molecule has 27 heavy (non-hydrogen) atoms. The van der Waals surface area contributed by atoms with Crippen molar-refractivity contribution in [3.05, 3.63) is 28.8 Å². The molecule has 1 fully saturated rings. The van der Waals surface area contributed by atoms with Gasteiger partial charge in [-0.1, -0.05) is 48.0 Å². The molecule has 0 amide bonds. The summed E-state index contributed by atoms with van der Waals surface area (Å²) in [7, 11) is 0. The van der Waals surface area contributed by atoms with Crippen LogP contribution in [0.5, 0.6) is 5.75 Å². The number of fused-ring (bicyclic) bond motifs is 1. The zero-order valence-corrected chi connectivity index (χ0v) is 18.4. The molecular formula is C22H35ClN2O2. The fraction of sp³-hybridized carbons (Fsp3) is 0.682. The van der Waals surface area contributed by atoms with E-state index >= 15 is 0 Å². The van der Waals surface area contributed by atoms with Gasteiger partial charge in [-0.2, -0.15) is 0 Å². The molecule has 0 bridgehead atoms. The normalized spacial score (nSPS) is 23.4. The molecule has 0 spiro atoms. The first-order valence-electron chi connectivity index (χ1n) is 9.86. The Morgan fingerprint density at radius 2 is 1.52 bits per heavy atom. The van der Waals surface area contributed by atoms with Gasteiger partial charge in [-0.15, -0.1) is 12.4 Å². The second-order valence-electron chi connectivity index (χ2n) is 9.93. The number of nitrogens with zero attached hydrogens (tertiary/aromatic N) is 2. The lowest BCUT2D eigenvalue weighted by Gasteiger charge is -2.37. The number of hydrogen-bond donors (Lipinski definition) is 2. The van der Waals surface area contributed by atoms with Crippen molar-refractivity contribution in [2.75, 3.05) is 13.1 Å². The van der Waals surface area contributed by atoms with E-state index in [1.165, 1.54) is 6.42 Å². The van der Waals surface area contributed by atoms with E-state index in [9.17, 15) is 10.2 Å². The maximum Gasteiger partial charge on any atom is 0.185 e. The highest BCUT2D eigenvalue weighted by Gasteiger charge is 2.44. The van der Waals surface area contributed by atoms with Gasteiger partial charge in [0.2, 0.25) is 0 Å². The molecule has 4 nitrogen and oxygen atoms in total. The number of hydrogen-bond acceptors (Lipinski definition) is 4. The zero-order valence-electron chi connectivity index (χ0n) is 17.6. The number of aliphatic imine (C=N–C) groups is 1. The van der Waals surface area contributed by atoms with E-state index in [0.717, 1.165) is 48.3 Å². The number of aromatic hydroxyl groups is 1. The van der Waals surface area contributed by atoms with Gasteiger partial charge in [0, 0.05) is 18.5 Å². The van der Waals surface area contributed by atoms with E-state index in [1.54, 1.807) is 0 Å². The lowest BCUT2D eigenvalue weighted by atomic mass is 9.77. The molecule has 1 aromatic rings. The second kappa shape index (κ2) is 7.29. The van der Waals surface area contributed by atoms with Crippen molar-refractivity contribution < 1.29 is 10.2 Å². The van der Waals surface area contributed by atoms with Crippen LogP contribution < -0.4 is 0 Å². The van der Waals surface area contributed by atoms with Crippen molar-refractivity contribution in [2.24, 2.45) is 4.99 Å². The van der Waals surface area contributed by atoms with Gasteiger partial charge >= 0.3 is 0 Å². The highest BCUT2D eigenvalue weighted by Crippen LogP contribution is 2.44. The molecule has 1 saturated heterocycles. The molecular weight excluding hydrogens is 360 g/mol. The molecule has 0 saturated carbocycles. The fourth-order valence-electron chi connectivity index (χ4n) is 4.10. The van der Waals surface area contributed by atoms with Crippen molar-refractivity contribution in [1.82, 2.24) is 4.90 Å². The van der Waals surface area contributed by atoms with Gasteiger partial charge in [0.05, 0.1) is 6.54 Å². The van der Waals surface area contributed by atoms with E-state index in [-0.39, 0.29) is 23.2 Å². The maximum atomic E-state index is 11.7. The zero-order chi connectivity index (χ0) is 19.3. The van der Waals surface area contributed by atoms with Crippen LogP contribution in [0.15, 0.2) is 17.1 Å². The minimum atomic E-state index is -1.10. The quantitative estimate of drug-likeness (QED) is 0.716. The molecule has 3 rings (SSSR count). The van der Waals surface area contributed by atoms with Crippen LogP contribution in [0.25, 0.3) is 0 Å². The molecule has 2 heterocycles. The first kappa shape index (κ1) is 22.0. The Morgan fingerprint density at radius 3 is 2.04 bits per heavy atom. The van der Waals surface area contributed by atoms with Crippen LogP contribution in [0.2, 0.25) is 0 Å². The molecule has 0 radical (unpaired) electrons. The third kappa shape index (κ3) is 3.97. The Morgan fingerprint density at radius 1 is 0.963 bits per heavy atom. The average molecular weight is 395 g/mol. The molecule has 0 aromatic heterocycles. The smallest absolute Gasteiger partial charge is 0.185 e. The van der Waals surface area contributed by atoms with Gasteiger partial charge < -0.3 is 15.1 Å². The van der Waals surface area contributed by atoms with E-state index in [4.69, 9.17) is 0 Å².